The van der Waals surface area contributed by atoms with Crippen molar-refractivity contribution in [2.24, 2.45) is 0 Å². The van der Waals surface area contributed by atoms with Gasteiger partial charge < -0.3 is 15.3 Å². The fraction of sp³-hybridized carbons (Fsp3) is 0.286. The number of H-pyrrole nitrogens is 1. The minimum absolute atomic E-state index is 0.133. The Morgan fingerprint density at radius 2 is 1.85 bits per heavy atom. The van der Waals surface area contributed by atoms with Crippen LogP contribution in [0.4, 0.5) is 0 Å². The van der Waals surface area contributed by atoms with E-state index in [1.165, 1.54) is 39.0 Å². The summed E-state index contributed by atoms with van der Waals surface area (Å²) < 4.78 is 0. The van der Waals surface area contributed by atoms with Crippen LogP contribution in [-0.4, -0.2) is 53.5 Å². The Balaban J connectivity index is 1.47. The quantitative estimate of drug-likeness (QED) is 0.0950. The third kappa shape index (κ3) is 7.38. The summed E-state index contributed by atoms with van der Waals surface area (Å²) in [4.78, 5) is 1.95. The Bertz CT molecular complexity index is 1460. The van der Waals surface area contributed by atoms with Gasteiger partial charge in [0.2, 0.25) is 0 Å². The molecule has 0 fully saturated rings. The molecule has 4 aromatic rings. The maximum absolute atomic E-state index is 9.04. The number of aryl methyl sites for hydroxylation is 2. The van der Waals surface area contributed by atoms with E-state index in [9.17, 15) is 0 Å². The van der Waals surface area contributed by atoms with Crippen LogP contribution >= 0.6 is 0 Å². The standard InChI is InChI=1S/C35H42N4O/c1-5-32(33-13-7-6-10-26(33)2)35(30-18-19-34-31(24-30)25-37-38-34)29-16-14-28(15-17-29)12-9-21-36-20-8-11-27(3)39(4)22-23-40/h6-8,10-11,13-19,24-25,36,40H,3,5,9,12,20-23H2,1-2,4H3,(H,37,38)/b11-8+,35-32+. The SMILES string of the molecule is C=C(/C=C/CNCCCc1ccc(/C(=C(/CC)c2ccccc2C)c2ccc3[nH]ncc3c2)cc1)N(C)CCO. The van der Waals surface area contributed by atoms with E-state index in [1.807, 2.05) is 24.2 Å². The summed E-state index contributed by atoms with van der Waals surface area (Å²) in [5.74, 6) is 0. The lowest BCUT2D eigenvalue weighted by Gasteiger charge is -2.18. The van der Waals surface area contributed by atoms with Crippen molar-refractivity contribution < 1.29 is 5.11 Å². The number of hydrogen-bond donors (Lipinski definition) is 3. The molecular weight excluding hydrogens is 492 g/mol. The summed E-state index contributed by atoms with van der Waals surface area (Å²) in [5, 5.41) is 20.9. The van der Waals surface area contributed by atoms with Gasteiger partial charge in [0.25, 0.3) is 0 Å². The molecule has 0 spiro atoms. The minimum Gasteiger partial charge on any atom is -0.395 e. The third-order valence-corrected chi connectivity index (χ3v) is 7.41. The van der Waals surface area contributed by atoms with Gasteiger partial charge in [0, 0.05) is 31.2 Å². The highest BCUT2D eigenvalue weighted by Crippen LogP contribution is 2.36. The molecule has 0 saturated carbocycles. The first-order valence-electron chi connectivity index (χ1n) is 14.2. The van der Waals surface area contributed by atoms with Crippen molar-refractivity contribution in [3.63, 3.8) is 0 Å². The van der Waals surface area contributed by atoms with Gasteiger partial charge in [-0.1, -0.05) is 74.2 Å². The zero-order valence-electron chi connectivity index (χ0n) is 24.1. The number of aromatic nitrogens is 2. The predicted octanol–water partition coefficient (Wildman–Crippen LogP) is 6.76. The number of aromatic amines is 1. The molecule has 0 aliphatic rings. The molecule has 0 radical (unpaired) electrons. The highest BCUT2D eigenvalue weighted by atomic mass is 16.3. The van der Waals surface area contributed by atoms with Crippen molar-refractivity contribution >= 4 is 22.0 Å². The lowest BCUT2D eigenvalue weighted by atomic mass is 9.86. The molecule has 0 unspecified atom stereocenters. The Morgan fingerprint density at radius 1 is 1.07 bits per heavy atom. The fourth-order valence-electron chi connectivity index (χ4n) is 5.08. The van der Waals surface area contributed by atoms with Crippen LogP contribution < -0.4 is 5.32 Å². The van der Waals surface area contributed by atoms with Crippen molar-refractivity contribution in [1.29, 1.82) is 0 Å². The molecule has 0 bridgehead atoms. The van der Waals surface area contributed by atoms with Crippen LogP contribution in [0, 0.1) is 6.92 Å². The first-order valence-corrected chi connectivity index (χ1v) is 14.2. The number of aliphatic hydroxyl groups is 1. The molecule has 0 amide bonds. The Labute approximate surface area is 238 Å². The maximum atomic E-state index is 9.04. The van der Waals surface area contributed by atoms with Gasteiger partial charge in [-0.2, -0.15) is 5.10 Å². The summed E-state index contributed by atoms with van der Waals surface area (Å²) in [6.45, 7) is 11.0. The van der Waals surface area contributed by atoms with Crippen molar-refractivity contribution in [3.8, 4) is 0 Å². The van der Waals surface area contributed by atoms with Gasteiger partial charge in [0.1, 0.15) is 0 Å². The van der Waals surface area contributed by atoms with E-state index in [1.54, 1.807) is 0 Å². The number of hydrogen-bond acceptors (Lipinski definition) is 4. The van der Waals surface area contributed by atoms with Crippen LogP contribution in [0.3, 0.4) is 0 Å². The first kappa shape index (κ1) is 29.1. The van der Waals surface area contributed by atoms with E-state index in [4.69, 9.17) is 5.11 Å². The first-order chi connectivity index (χ1) is 19.5. The van der Waals surface area contributed by atoms with Crippen molar-refractivity contribution in [3.05, 3.63) is 125 Å². The molecule has 5 heteroatoms. The molecule has 3 aromatic carbocycles. The minimum atomic E-state index is 0.133. The summed E-state index contributed by atoms with van der Waals surface area (Å²) in [5.41, 5.74) is 11.0. The van der Waals surface area contributed by atoms with Gasteiger partial charge in [-0.3, -0.25) is 5.10 Å². The number of nitrogens with zero attached hydrogens (tertiary/aromatic N) is 2. The second kappa shape index (κ2) is 14.5. The normalized spacial score (nSPS) is 12.2. The molecule has 0 aliphatic heterocycles. The van der Waals surface area contributed by atoms with E-state index in [0.717, 1.165) is 49.0 Å². The van der Waals surface area contributed by atoms with Gasteiger partial charge in [-0.15, -0.1) is 0 Å². The summed E-state index contributed by atoms with van der Waals surface area (Å²) >= 11 is 0. The number of likely N-dealkylation sites (N-methyl/N-ethyl adjacent to an activating group) is 1. The Hall–Kier alpha value is -3.93. The topological polar surface area (TPSA) is 64.2 Å². The maximum Gasteiger partial charge on any atom is 0.0650 e. The van der Waals surface area contributed by atoms with Gasteiger partial charge in [0.05, 0.1) is 18.3 Å². The van der Waals surface area contributed by atoms with E-state index >= 15 is 0 Å². The monoisotopic (exact) mass is 534 g/mol. The number of aliphatic hydroxyl groups excluding tert-OH is 1. The van der Waals surface area contributed by atoms with Crippen LogP contribution in [0.1, 0.15) is 47.6 Å². The van der Waals surface area contributed by atoms with E-state index in [0.29, 0.717) is 6.54 Å². The Kier molecular flexibility index (Phi) is 10.5. The molecule has 3 N–H and O–H groups in total. The average Bonchev–Trinajstić information content (AvgIpc) is 3.44. The van der Waals surface area contributed by atoms with Gasteiger partial charge in [0.15, 0.2) is 0 Å². The largest absolute Gasteiger partial charge is 0.395 e. The van der Waals surface area contributed by atoms with Gasteiger partial charge in [-0.05, 0) is 89.9 Å². The fourth-order valence-corrected chi connectivity index (χ4v) is 5.08. The predicted molar refractivity (Wildman–Crippen MR) is 169 cm³/mol. The molecule has 0 aliphatic carbocycles. The zero-order chi connectivity index (χ0) is 28.3. The molecule has 0 saturated heterocycles. The van der Waals surface area contributed by atoms with Crippen LogP contribution in [0.25, 0.3) is 22.0 Å². The molecule has 1 aromatic heterocycles. The average molecular weight is 535 g/mol. The number of benzene rings is 3. The highest BCUT2D eigenvalue weighted by molar-refractivity contribution is 6.00. The second-order valence-electron chi connectivity index (χ2n) is 10.2. The van der Waals surface area contributed by atoms with E-state index in [-0.39, 0.29) is 6.61 Å². The van der Waals surface area contributed by atoms with Crippen molar-refractivity contribution in [2.75, 3.05) is 33.3 Å². The van der Waals surface area contributed by atoms with E-state index < -0.39 is 0 Å². The van der Waals surface area contributed by atoms with Crippen LogP contribution in [-0.2, 0) is 6.42 Å². The zero-order valence-corrected chi connectivity index (χ0v) is 24.1. The van der Waals surface area contributed by atoms with Crippen LogP contribution in [0.2, 0.25) is 0 Å². The summed E-state index contributed by atoms with van der Waals surface area (Å²) in [6.07, 6.45) is 9.02. The van der Waals surface area contributed by atoms with Crippen molar-refractivity contribution in [2.45, 2.75) is 33.1 Å². The molecule has 0 atom stereocenters. The van der Waals surface area contributed by atoms with Gasteiger partial charge >= 0.3 is 0 Å². The lowest BCUT2D eigenvalue weighted by molar-refractivity contribution is 0.249. The van der Waals surface area contributed by atoms with Crippen molar-refractivity contribution in [1.82, 2.24) is 20.4 Å². The molecular formula is C35H42N4O. The second-order valence-corrected chi connectivity index (χ2v) is 10.2. The van der Waals surface area contributed by atoms with Gasteiger partial charge in [-0.25, -0.2) is 0 Å². The van der Waals surface area contributed by atoms with Crippen LogP contribution in [0.15, 0.2) is 97.4 Å². The number of nitrogens with one attached hydrogen (secondary N) is 2. The van der Waals surface area contributed by atoms with E-state index in [2.05, 4.69) is 109 Å². The molecule has 208 valence electrons. The molecule has 5 nitrogen and oxygen atoms in total. The molecule has 40 heavy (non-hydrogen) atoms. The molecule has 4 rings (SSSR count). The smallest absolute Gasteiger partial charge is 0.0650 e. The summed E-state index contributed by atoms with van der Waals surface area (Å²) in [7, 11) is 1.93. The third-order valence-electron chi connectivity index (χ3n) is 7.41. The Morgan fingerprint density at radius 3 is 2.60 bits per heavy atom. The summed E-state index contributed by atoms with van der Waals surface area (Å²) in [6, 6.07) is 24.4. The number of allylic oxidation sites excluding steroid dienone is 2. The van der Waals surface area contributed by atoms with Crippen LogP contribution in [0.5, 0.6) is 0 Å². The number of fused-ring (bicyclic) bond motifs is 1. The highest BCUT2D eigenvalue weighted by Gasteiger charge is 2.15. The number of rotatable bonds is 14. The molecule has 1 heterocycles. The lowest BCUT2D eigenvalue weighted by Crippen LogP contribution is -2.20.